The molecule has 0 saturated heterocycles. The van der Waals surface area contributed by atoms with Crippen LogP contribution in [0.2, 0.25) is 0 Å². The number of benzene rings is 1. The van der Waals surface area contributed by atoms with Crippen LogP contribution in [-0.4, -0.2) is 5.16 Å². The molecule has 0 bridgehead atoms. The quantitative estimate of drug-likeness (QED) is 0.938. The number of rotatable bonds is 4. The van der Waals surface area contributed by atoms with E-state index >= 15 is 0 Å². The number of hydrogen-bond donors (Lipinski definition) is 1. The molecular weight excluding hydrogens is 275 g/mol. The molecule has 0 unspecified atom stereocenters. The van der Waals surface area contributed by atoms with E-state index in [0.29, 0.717) is 17.6 Å². The normalized spacial score (nSPS) is 10.6. The van der Waals surface area contributed by atoms with Crippen LogP contribution in [0.25, 0.3) is 0 Å². The maximum Gasteiger partial charge on any atom is 0.150 e. The van der Waals surface area contributed by atoms with Gasteiger partial charge in [-0.3, -0.25) is 0 Å². The first-order valence-electron chi connectivity index (χ1n) is 4.80. The van der Waals surface area contributed by atoms with E-state index in [2.05, 4.69) is 26.4 Å². The average Bonchev–Trinajstić information content (AvgIpc) is 2.77. The summed E-state index contributed by atoms with van der Waals surface area (Å²) in [5.41, 5.74) is 0.875. The Labute approximate surface area is 101 Å². The van der Waals surface area contributed by atoms with Gasteiger partial charge in [-0.15, -0.1) is 0 Å². The first-order valence-corrected chi connectivity index (χ1v) is 5.60. The number of nitrogens with zero attached hydrogens (tertiary/aromatic N) is 1. The fourth-order valence-corrected chi connectivity index (χ4v) is 1.74. The average molecular weight is 285 g/mol. The van der Waals surface area contributed by atoms with E-state index in [-0.39, 0.29) is 5.82 Å². The summed E-state index contributed by atoms with van der Waals surface area (Å²) < 4.78 is 18.6. The van der Waals surface area contributed by atoms with Crippen LogP contribution in [0, 0.1) is 5.82 Å². The fraction of sp³-hybridized carbons (Fsp3) is 0.182. The summed E-state index contributed by atoms with van der Waals surface area (Å²) in [4.78, 5) is 0. The van der Waals surface area contributed by atoms with Gasteiger partial charge in [-0.25, -0.2) is 4.39 Å². The Balaban J connectivity index is 1.92. The molecular formula is C11H10BrFN2O. The molecule has 2 aromatic rings. The molecule has 1 N–H and O–H groups in total. The molecule has 84 valence electrons. The summed E-state index contributed by atoms with van der Waals surface area (Å²) in [6.07, 6.45) is 1.59. The first kappa shape index (κ1) is 11.3. The lowest BCUT2D eigenvalue weighted by Crippen LogP contribution is -2.12. The summed E-state index contributed by atoms with van der Waals surface area (Å²) in [5, 5.41) is 6.74. The second-order valence-electron chi connectivity index (χ2n) is 3.30. The van der Waals surface area contributed by atoms with Crippen molar-refractivity contribution in [3.8, 4) is 0 Å². The lowest BCUT2D eigenvalue weighted by molar-refractivity contribution is 0.372. The van der Waals surface area contributed by atoms with Gasteiger partial charge in [0.25, 0.3) is 0 Å². The van der Waals surface area contributed by atoms with Gasteiger partial charge in [0.1, 0.15) is 11.6 Å². The summed E-state index contributed by atoms with van der Waals surface area (Å²) in [6.45, 7) is 1.14. The van der Waals surface area contributed by atoms with Crippen LogP contribution < -0.4 is 5.32 Å². The van der Waals surface area contributed by atoms with Crippen LogP contribution in [-0.2, 0) is 13.1 Å². The molecule has 16 heavy (non-hydrogen) atoms. The maximum absolute atomic E-state index is 13.2. The molecule has 0 saturated carbocycles. The smallest absolute Gasteiger partial charge is 0.150 e. The molecule has 0 aliphatic rings. The molecule has 0 radical (unpaired) electrons. The van der Waals surface area contributed by atoms with Gasteiger partial charge in [0.05, 0.1) is 17.2 Å². The van der Waals surface area contributed by atoms with Crippen molar-refractivity contribution in [2.45, 2.75) is 13.1 Å². The van der Waals surface area contributed by atoms with Crippen molar-refractivity contribution in [2.75, 3.05) is 0 Å². The molecule has 3 nitrogen and oxygen atoms in total. The third kappa shape index (κ3) is 2.68. The number of halogens is 2. The minimum atomic E-state index is -0.251. The molecule has 0 aliphatic carbocycles. The van der Waals surface area contributed by atoms with E-state index in [4.69, 9.17) is 4.52 Å². The van der Waals surface area contributed by atoms with E-state index in [1.54, 1.807) is 18.3 Å². The minimum absolute atomic E-state index is 0.251. The zero-order valence-electron chi connectivity index (χ0n) is 8.41. The largest absolute Gasteiger partial charge is 0.360 e. The topological polar surface area (TPSA) is 38.1 Å². The van der Waals surface area contributed by atoms with Crippen LogP contribution in [0.4, 0.5) is 4.39 Å². The van der Waals surface area contributed by atoms with Gasteiger partial charge in [0, 0.05) is 12.6 Å². The van der Waals surface area contributed by atoms with Crippen molar-refractivity contribution in [2.24, 2.45) is 0 Å². The highest BCUT2D eigenvalue weighted by Crippen LogP contribution is 2.20. The Morgan fingerprint density at radius 3 is 2.94 bits per heavy atom. The van der Waals surface area contributed by atoms with E-state index in [0.717, 1.165) is 11.3 Å². The Morgan fingerprint density at radius 2 is 2.19 bits per heavy atom. The van der Waals surface area contributed by atoms with Crippen LogP contribution in [0.5, 0.6) is 0 Å². The summed E-state index contributed by atoms with van der Waals surface area (Å²) in [7, 11) is 0. The predicted octanol–water partition coefficient (Wildman–Crippen LogP) is 2.87. The van der Waals surface area contributed by atoms with Crippen molar-refractivity contribution >= 4 is 15.9 Å². The maximum atomic E-state index is 13.2. The van der Waals surface area contributed by atoms with E-state index in [1.165, 1.54) is 6.07 Å². The summed E-state index contributed by atoms with van der Waals surface area (Å²) in [6, 6.07) is 6.75. The Morgan fingerprint density at radius 1 is 1.31 bits per heavy atom. The standard InChI is InChI=1S/C11H10BrFN2O/c12-11-8(2-1-3-10(11)13)6-14-7-9-4-5-15-16-9/h1-5,14H,6-7H2. The molecule has 0 fully saturated rings. The fourth-order valence-electron chi connectivity index (χ4n) is 1.34. The zero-order valence-corrected chi connectivity index (χ0v) is 10.00. The van der Waals surface area contributed by atoms with Crippen molar-refractivity contribution < 1.29 is 8.91 Å². The molecule has 5 heteroatoms. The SMILES string of the molecule is Fc1cccc(CNCc2ccno2)c1Br. The lowest BCUT2D eigenvalue weighted by atomic mass is 10.2. The molecule has 0 spiro atoms. The van der Waals surface area contributed by atoms with Gasteiger partial charge in [-0.2, -0.15) is 0 Å². The third-order valence-corrected chi connectivity index (χ3v) is 3.03. The lowest BCUT2D eigenvalue weighted by Gasteiger charge is -2.05. The minimum Gasteiger partial charge on any atom is -0.360 e. The molecule has 0 amide bonds. The Bertz CT molecular complexity index is 459. The van der Waals surface area contributed by atoms with Crippen molar-refractivity contribution in [3.63, 3.8) is 0 Å². The van der Waals surface area contributed by atoms with Gasteiger partial charge in [0.15, 0.2) is 0 Å². The molecule has 1 aromatic carbocycles. The van der Waals surface area contributed by atoms with Crippen molar-refractivity contribution in [3.05, 3.63) is 52.1 Å². The number of hydrogen-bond acceptors (Lipinski definition) is 3. The van der Waals surface area contributed by atoms with Gasteiger partial charge >= 0.3 is 0 Å². The zero-order chi connectivity index (χ0) is 11.4. The highest BCUT2D eigenvalue weighted by atomic mass is 79.9. The Hall–Kier alpha value is -1.20. The number of nitrogens with one attached hydrogen (secondary N) is 1. The Kier molecular flexibility index (Phi) is 3.69. The van der Waals surface area contributed by atoms with Crippen LogP contribution in [0.3, 0.4) is 0 Å². The van der Waals surface area contributed by atoms with Crippen LogP contribution >= 0.6 is 15.9 Å². The van der Waals surface area contributed by atoms with Gasteiger partial charge in [-0.05, 0) is 27.6 Å². The third-order valence-electron chi connectivity index (χ3n) is 2.14. The molecule has 1 aromatic heterocycles. The molecule has 2 rings (SSSR count). The van der Waals surface area contributed by atoms with Gasteiger partial charge in [-0.1, -0.05) is 17.3 Å². The van der Waals surface area contributed by atoms with Crippen molar-refractivity contribution in [1.29, 1.82) is 0 Å². The molecule has 1 heterocycles. The predicted molar refractivity (Wildman–Crippen MR) is 61.1 cm³/mol. The first-order chi connectivity index (χ1) is 7.77. The summed E-state index contributed by atoms with van der Waals surface area (Å²) in [5.74, 6) is 0.506. The summed E-state index contributed by atoms with van der Waals surface area (Å²) >= 11 is 3.21. The van der Waals surface area contributed by atoms with E-state index < -0.39 is 0 Å². The van der Waals surface area contributed by atoms with Crippen LogP contribution in [0.1, 0.15) is 11.3 Å². The van der Waals surface area contributed by atoms with Gasteiger partial charge in [0.2, 0.25) is 0 Å². The van der Waals surface area contributed by atoms with E-state index in [1.807, 2.05) is 6.07 Å². The van der Waals surface area contributed by atoms with Crippen LogP contribution in [0.15, 0.2) is 39.5 Å². The van der Waals surface area contributed by atoms with E-state index in [9.17, 15) is 4.39 Å². The van der Waals surface area contributed by atoms with Crippen molar-refractivity contribution in [1.82, 2.24) is 10.5 Å². The second kappa shape index (κ2) is 5.23. The number of aromatic nitrogens is 1. The highest BCUT2D eigenvalue weighted by Gasteiger charge is 2.04. The monoisotopic (exact) mass is 284 g/mol. The van der Waals surface area contributed by atoms with Gasteiger partial charge < -0.3 is 9.84 Å². The molecule has 0 atom stereocenters. The highest BCUT2D eigenvalue weighted by molar-refractivity contribution is 9.10. The second-order valence-corrected chi connectivity index (χ2v) is 4.09. The molecule has 0 aliphatic heterocycles.